The third kappa shape index (κ3) is 3.97. The van der Waals surface area contributed by atoms with Crippen LogP contribution in [-0.2, 0) is 13.5 Å². The van der Waals surface area contributed by atoms with Gasteiger partial charge < -0.3 is 10.4 Å². The summed E-state index contributed by atoms with van der Waals surface area (Å²) in [5.41, 5.74) is 3.85. The number of rotatable bonds is 6. The summed E-state index contributed by atoms with van der Waals surface area (Å²) in [6.07, 6.45) is 1.65. The molecule has 1 heterocycles. The first-order chi connectivity index (χ1) is 10.9. The van der Waals surface area contributed by atoms with E-state index in [9.17, 15) is 9.59 Å². The fourth-order valence-corrected chi connectivity index (χ4v) is 2.54. The molecule has 0 radical (unpaired) electrons. The number of carbonyl (C=O) groups is 2. The maximum atomic E-state index is 12.0. The van der Waals surface area contributed by atoms with Gasteiger partial charge in [-0.3, -0.25) is 9.48 Å². The highest BCUT2D eigenvalue weighted by Crippen LogP contribution is 2.13. The van der Waals surface area contributed by atoms with Crippen molar-refractivity contribution in [2.75, 3.05) is 6.54 Å². The van der Waals surface area contributed by atoms with E-state index < -0.39 is 5.97 Å². The summed E-state index contributed by atoms with van der Waals surface area (Å²) >= 11 is 0. The molecule has 2 aromatic rings. The smallest absolute Gasteiger partial charge is 0.335 e. The van der Waals surface area contributed by atoms with E-state index in [0.29, 0.717) is 12.1 Å². The molecular formula is C17H21N3O3. The standard InChI is InChI=1S/C17H21N3O3/c1-11-15(12(2)20(3)19-11)8-5-9-18-16(21)13-6-4-7-14(10-13)17(22)23/h4,6-7,10H,5,8-9H2,1-3H3,(H,18,21)(H,22,23). The topological polar surface area (TPSA) is 84.2 Å². The third-order valence-electron chi connectivity index (χ3n) is 3.92. The van der Waals surface area contributed by atoms with Crippen molar-refractivity contribution in [3.05, 3.63) is 52.3 Å². The number of hydrogen-bond donors (Lipinski definition) is 2. The van der Waals surface area contributed by atoms with Gasteiger partial charge in [0.05, 0.1) is 11.3 Å². The molecule has 0 saturated heterocycles. The monoisotopic (exact) mass is 315 g/mol. The Morgan fingerprint density at radius 2 is 1.96 bits per heavy atom. The van der Waals surface area contributed by atoms with Crippen molar-refractivity contribution in [1.82, 2.24) is 15.1 Å². The van der Waals surface area contributed by atoms with Crippen LogP contribution in [0.25, 0.3) is 0 Å². The molecule has 0 aliphatic rings. The van der Waals surface area contributed by atoms with Crippen LogP contribution in [0.4, 0.5) is 0 Å². The maximum Gasteiger partial charge on any atom is 0.335 e. The molecule has 0 spiro atoms. The van der Waals surface area contributed by atoms with Gasteiger partial charge in [0.2, 0.25) is 0 Å². The minimum Gasteiger partial charge on any atom is -0.478 e. The zero-order valence-corrected chi connectivity index (χ0v) is 13.6. The van der Waals surface area contributed by atoms with Crippen LogP contribution in [0.2, 0.25) is 0 Å². The lowest BCUT2D eigenvalue weighted by molar-refractivity contribution is 0.0697. The number of carboxylic acid groups (broad SMARTS) is 1. The highest BCUT2D eigenvalue weighted by molar-refractivity contribution is 5.97. The molecule has 0 unspecified atom stereocenters. The van der Waals surface area contributed by atoms with Gasteiger partial charge >= 0.3 is 5.97 Å². The number of hydrogen-bond acceptors (Lipinski definition) is 3. The Hall–Kier alpha value is -2.63. The number of benzene rings is 1. The lowest BCUT2D eigenvalue weighted by Crippen LogP contribution is -2.25. The van der Waals surface area contributed by atoms with E-state index in [1.807, 2.05) is 25.6 Å². The van der Waals surface area contributed by atoms with E-state index in [2.05, 4.69) is 10.4 Å². The zero-order valence-electron chi connectivity index (χ0n) is 13.6. The normalized spacial score (nSPS) is 10.6. The summed E-state index contributed by atoms with van der Waals surface area (Å²) in [4.78, 5) is 23.0. The van der Waals surface area contributed by atoms with Gasteiger partial charge in [0, 0.05) is 24.8 Å². The van der Waals surface area contributed by atoms with Crippen LogP contribution in [0, 0.1) is 13.8 Å². The van der Waals surface area contributed by atoms with Crippen LogP contribution in [0.3, 0.4) is 0 Å². The van der Waals surface area contributed by atoms with Crippen molar-refractivity contribution in [2.24, 2.45) is 7.05 Å². The second-order valence-corrected chi connectivity index (χ2v) is 5.52. The van der Waals surface area contributed by atoms with E-state index in [1.54, 1.807) is 12.1 Å². The van der Waals surface area contributed by atoms with Crippen LogP contribution in [-0.4, -0.2) is 33.3 Å². The Morgan fingerprint density at radius 1 is 1.26 bits per heavy atom. The number of nitrogens with one attached hydrogen (secondary N) is 1. The lowest BCUT2D eigenvalue weighted by atomic mass is 10.1. The molecule has 6 nitrogen and oxygen atoms in total. The van der Waals surface area contributed by atoms with Gasteiger partial charge in [0.1, 0.15) is 0 Å². The molecule has 122 valence electrons. The Bertz CT molecular complexity index is 735. The number of aryl methyl sites for hydroxylation is 2. The van der Waals surface area contributed by atoms with Crippen molar-refractivity contribution in [1.29, 1.82) is 0 Å². The van der Waals surface area contributed by atoms with Gasteiger partial charge in [0.25, 0.3) is 5.91 Å². The summed E-state index contributed by atoms with van der Waals surface area (Å²) in [6.45, 7) is 4.55. The second kappa shape index (κ2) is 7.09. The largest absolute Gasteiger partial charge is 0.478 e. The highest BCUT2D eigenvalue weighted by Gasteiger charge is 2.11. The average molecular weight is 315 g/mol. The van der Waals surface area contributed by atoms with E-state index in [1.165, 1.54) is 17.7 Å². The minimum atomic E-state index is -1.04. The lowest BCUT2D eigenvalue weighted by Gasteiger charge is -2.06. The summed E-state index contributed by atoms with van der Waals surface area (Å²) in [6, 6.07) is 6.03. The van der Waals surface area contributed by atoms with Crippen molar-refractivity contribution < 1.29 is 14.7 Å². The number of amides is 1. The van der Waals surface area contributed by atoms with Crippen LogP contribution < -0.4 is 5.32 Å². The molecular weight excluding hydrogens is 294 g/mol. The fourth-order valence-electron chi connectivity index (χ4n) is 2.54. The Labute approximate surface area is 135 Å². The van der Waals surface area contributed by atoms with Crippen molar-refractivity contribution in [2.45, 2.75) is 26.7 Å². The van der Waals surface area contributed by atoms with Gasteiger partial charge in [-0.25, -0.2) is 4.79 Å². The van der Waals surface area contributed by atoms with Gasteiger partial charge in [-0.15, -0.1) is 0 Å². The number of carbonyl (C=O) groups excluding carboxylic acids is 1. The second-order valence-electron chi connectivity index (χ2n) is 5.52. The molecule has 0 fully saturated rings. The van der Waals surface area contributed by atoms with Crippen molar-refractivity contribution >= 4 is 11.9 Å². The van der Waals surface area contributed by atoms with E-state index >= 15 is 0 Å². The first-order valence-corrected chi connectivity index (χ1v) is 7.50. The maximum absolute atomic E-state index is 12.0. The predicted octanol–water partition coefficient (Wildman–Crippen LogP) is 2.10. The van der Waals surface area contributed by atoms with Crippen LogP contribution in [0.1, 0.15) is 44.1 Å². The quantitative estimate of drug-likeness (QED) is 0.800. The molecule has 2 rings (SSSR count). The molecule has 0 aliphatic carbocycles. The van der Waals surface area contributed by atoms with Gasteiger partial charge in [-0.05, 0) is 50.5 Å². The molecule has 23 heavy (non-hydrogen) atoms. The first-order valence-electron chi connectivity index (χ1n) is 7.50. The molecule has 2 N–H and O–H groups in total. The summed E-state index contributed by atoms with van der Waals surface area (Å²) in [7, 11) is 1.92. The highest BCUT2D eigenvalue weighted by atomic mass is 16.4. The number of nitrogens with zero attached hydrogens (tertiary/aromatic N) is 2. The molecule has 0 atom stereocenters. The Kier molecular flexibility index (Phi) is 5.16. The number of aromatic carboxylic acids is 1. The summed E-state index contributed by atoms with van der Waals surface area (Å²) in [5.74, 6) is -1.30. The molecule has 1 aromatic carbocycles. The van der Waals surface area contributed by atoms with Gasteiger partial charge in [-0.1, -0.05) is 6.07 Å². The molecule has 1 aromatic heterocycles. The molecule has 0 bridgehead atoms. The zero-order chi connectivity index (χ0) is 17.0. The molecule has 0 saturated carbocycles. The third-order valence-corrected chi connectivity index (χ3v) is 3.92. The Balaban J connectivity index is 1.88. The summed E-state index contributed by atoms with van der Waals surface area (Å²) < 4.78 is 1.86. The van der Waals surface area contributed by atoms with Crippen LogP contribution in [0.15, 0.2) is 24.3 Å². The number of aromatic nitrogens is 2. The van der Waals surface area contributed by atoms with Crippen LogP contribution in [0.5, 0.6) is 0 Å². The Morgan fingerprint density at radius 3 is 2.57 bits per heavy atom. The number of carboxylic acids is 1. The van der Waals surface area contributed by atoms with Gasteiger partial charge in [0.15, 0.2) is 0 Å². The van der Waals surface area contributed by atoms with Gasteiger partial charge in [-0.2, -0.15) is 5.10 Å². The molecule has 0 aliphatic heterocycles. The van der Waals surface area contributed by atoms with E-state index in [-0.39, 0.29) is 11.5 Å². The van der Waals surface area contributed by atoms with E-state index in [4.69, 9.17) is 5.11 Å². The molecule has 1 amide bonds. The van der Waals surface area contributed by atoms with E-state index in [0.717, 1.165) is 24.2 Å². The fraction of sp³-hybridized carbons (Fsp3) is 0.353. The molecule has 6 heteroatoms. The predicted molar refractivity (Wildman–Crippen MR) is 86.7 cm³/mol. The van der Waals surface area contributed by atoms with Crippen LogP contribution >= 0.6 is 0 Å². The SMILES string of the molecule is Cc1nn(C)c(C)c1CCCNC(=O)c1cccc(C(=O)O)c1. The first kappa shape index (κ1) is 16.7. The van der Waals surface area contributed by atoms with Crippen molar-refractivity contribution in [3.63, 3.8) is 0 Å². The summed E-state index contributed by atoms with van der Waals surface area (Å²) in [5, 5.41) is 16.1. The average Bonchev–Trinajstić information content (AvgIpc) is 2.77. The van der Waals surface area contributed by atoms with Crippen molar-refractivity contribution in [3.8, 4) is 0 Å². The minimum absolute atomic E-state index is 0.110.